The Morgan fingerprint density at radius 3 is 2.35 bits per heavy atom. The van der Waals surface area contributed by atoms with E-state index in [0.29, 0.717) is 0 Å². The van der Waals surface area contributed by atoms with Gasteiger partial charge < -0.3 is 19.5 Å². The number of esters is 1. The molecule has 26 heavy (non-hydrogen) atoms. The van der Waals surface area contributed by atoms with Crippen molar-refractivity contribution in [1.29, 1.82) is 0 Å². The summed E-state index contributed by atoms with van der Waals surface area (Å²) in [5, 5.41) is 2.52. The maximum absolute atomic E-state index is 12.2. The summed E-state index contributed by atoms with van der Waals surface area (Å²) in [5.41, 5.74) is -1.13. The number of nitrogens with one attached hydrogen (secondary N) is 2. The van der Waals surface area contributed by atoms with Gasteiger partial charge in [-0.3, -0.25) is 19.1 Å². The Labute approximate surface area is 147 Å². The van der Waals surface area contributed by atoms with Gasteiger partial charge in [-0.15, -0.1) is 0 Å². The van der Waals surface area contributed by atoms with Gasteiger partial charge in [0.15, 0.2) is 11.5 Å². The largest absolute Gasteiger partial charge is 0.493 e. The van der Waals surface area contributed by atoms with Gasteiger partial charge in [0.05, 0.1) is 32.6 Å². The van der Waals surface area contributed by atoms with Crippen LogP contribution in [0, 0.1) is 0 Å². The van der Waals surface area contributed by atoms with Crippen LogP contribution in [-0.2, 0) is 16.1 Å². The van der Waals surface area contributed by atoms with Crippen LogP contribution >= 0.6 is 0 Å². The van der Waals surface area contributed by atoms with Gasteiger partial charge in [0.1, 0.15) is 6.54 Å². The Kier molecular flexibility index (Phi) is 5.78. The Hall–Kier alpha value is -3.56. The zero-order valence-electron chi connectivity index (χ0n) is 14.3. The highest BCUT2D eigenvalue weighted by molar-refractivity contribution is 6.02. The van der Waals surface area contributed by atoms with E-state index >= 15 is 0 Å². The first-order valence-electron chi connectivity index (χ1n) is 7.33. The number of benzene rings is 1. The number of H-pyrrole nitrogens is 1. The second-order valence-corrected chi connectivity index (χ2v) is 5.03. The first-order chi connectivity index (χ1) is 12.4. The molecular formula is C16H17N3O7. The summed E-state index contributed by atoms with van der Waals surface area (Å²) in [6.07, 6.45) is 1.19. The number of aromatic nitrogens is 2. The number of methoxy groups -OCH3 is 3. The molecule has 0 unspecified atom stereocenters. The van der Waals surface area contributed by atoms with Crippen LogP contribution in [0.15, 0.2) is 34.0 Å². The molecule has 1 aromatic heterocycles. The number of carbonyl (C=O) groups is 2. The summed E-state index contributed by atoms with van der Waals surface area (Å²) in [6, 6.07) is 3.88. The topological polar surface area (TPSA) is 129 Å². The van der Waals surface area contributed by atoms with Gasteiger partial charge in [-0.2, -0.15) is 0 Å². The van der Waals surface area contributed by atoms with Crippen LogP contribution in [0.3, 0.4) is 0 Å². The molecule has 10 nitrogen and oxygen atoms in total. The first kappa shape index (κ1) is 18.8. The number of ether oxygens (including phenoxy) is 3. The second kappa shape index (κ2) is 8.01. The highest BCUT2D eigenvalue weighted by Crippen LogP contribution is 2.33. The summed E-state index contributed by atoms with van der Waals surface area (Å²) in [6.45, 7) is -0.370. The van der Waals surface area contributed by atoms with Crippen LogP contribution in [-0.4, -0.2) is 42.8 Å². The van der Waals surface area contributed by atoms with E-state index in [9.17, 15) is 19.2 Å². The number of rotatable bonds is 6. The minimum Gasteiger partial charge on any atom is -0.493 e. The van der Waals surface area contributed by atoms with E-state index in [1.165, 1.54) is 39.7 Å². The molecule has 138 valence electrons. The minimum absolute atomic E-state index is 0.0484. The quantitative estimate of drug-likeness (QED) is 0.690. The van der Waals surface area contributed by atoms with Crippen molar-refractivity contribution in [3.63, 3.8) is 0 Å². The monoisotopic (exact) mass is 363 g/mol. The van der Waals surface area contributed by atoms with Gasteiger partial charge in [-0.05, 0) is 0 Å². The third-order valence-corrected chi connectivity index (χ3v) is 3.41. The van der Waals surface area contributed by atoms with Crippen molar-refractivity contribution in [1.82, 2.24) is 9.55 Å². The van der Waals surface area contributed by atoms with Gasteiger partial charge >= 0.3 is 11.7 Å². The van der Waals surface area contributed by atoms with Crippen LogP contribution in [0.1, 0.15) is 10.4 Å². The maximum Gasteiger partial charge on any atom is 0.340 e. The fraction of sp³-hybridized carbons (Fsp3) is 0.250. The lowest BCUT2D eigenvalue weighted by Crippen LogP contribution is -2.32. The first-order valence-corrected chi connectivity index (χ1v) is 7.33. The second-order valence-electron chi connectivity index (χ2n) is 5.03. The van der Waals surface area contributed by atoms with Crippen molar-refractivity contribution < 1.29 is 23.8 Å². The molecule has 0 aliphatic rings. The molecule has 2 N–H and O–H groups in total. The highest BCUT2D eigenvalue weighted by atomic mass is 16.5. The van der Waals surface area contributed by atoms with Crippen LogP contribution in [0.25, 0.3) is 0 Å². The Morgan fingerprint density at radius 2 is 1.77 bits per heavy atom. The fourth-order valence-electron chi connectivity index (χ4n) is 2.17. The third kappa shape index (κ3) is 4.09. The van der Waals surface area contributed by atoms with Gasteiger partial charge in [0.2, 0.25) is 5.91 Å². The summed E-state index contributed by atoms with van der Waals surface area (Å²) in [5.74, 6) is -0.724. The molecule has 0 atom stereocenters. The van der Waals surface area contributed by atoms with E-state index in [1.54, 1.807) is 0 Å². The fourth-order valence-corrected chi connectivity index (χ4v) is 2.17. The van der Waals surface area contributed by atoms with Gasteiger partial charge in [0, 0.05) is 24.4 Å². The molecule has 0 saturated carbocycles. The lowest BCUT2D eigenvalue weighted by Gasteiger charge is -2.15. The Bertz CT molecular complexity index is 946. The smallest absolute Gasteiger partial charge is 0.340 e. The van der Waals surface area contributed by atoms with Gasteiger partial charge in [0.25, 0.3) is 5.56 Å². The van der Waals surface area contributed by atoms with E-state index in [2.05, 4.69) is 5.32 Å². The van der Waals surface area contributed by atoms with Crippen LogP contribution in [0.4, 0.5) is 5.69 Å². The van der Waals surface area contributed by atoms with Crippen molar-refractivity contribution in [3.05, 3.63) is 50.8 Å². The Balaban J connectivity index is 2.34. The average Bonchev–Trinajstić information content (AvgIpc) is 2.62. The highest BCUT2D eigenvalue weighted by Gasteiger charge is 2.19. The van der Waals surface area contributed by atoms with Crippen LogP contribution in [0.2, 0.25) is 0 Å². The van der Waals surface area contributed by atoms with E-state index in [-0.39, 0.29) is 29.3 Å². The molecular weight excluding hydrogens is 346 g/mol. The van der Waals surface area contributed by atoms with Crippen molar-refractivity contribution >= 4 is 17.6 Å². The number of anilines is 1. The van der Waals surface area contributed by atoms with Crippen molar-refractivity contribution in [3.8, 4) is 11.5 Å². The number of nitrogens with zero attached hydrogens (tertiary/aromatic N) is 1. The van der Waals surface area contributed by atoms with Crippen molar-refractivity contribution in [2.45, 2.75) is 6.54 Å². The third-order valence-electron chi connectivity index (χ3n) is 3.41. The summed E-state index contributed by atoms with van der Waals surface area (Å²) in [7, 11) is 4.01. The number of amides is 1. The summed E-state index contributed by atoms with van der Waals surface area (Å²) >= 11 is 0. The molecule has 0 aliphatic heterocycles. The molecule has 0 aliphatic carbocycles. The Morgan fingerprint density at radius 1 is 1.12 bits per heavy atom. The molecule has 0 fully saturated rings. The van der Waals surface area contributed by atoms with E-state index < -0.39 is 23.1 Å². The van der Waals surface area contributed by atoms with Crippen LogP contribution in [0.5, 0.6) is 11.5 Å². The van der Waals surface area contributed by atoms with Gasteiger partial charge in [-0.1, -0.05) is 0 Å². The maximum atomic E-state index is 12.2. The zero-order chi connectivity index (χ0) is 19.3. The SMILES string of the molecule is COC(=O)c1cc(OC)c(OC)cc1NC(=O)Cn1ccc(=O)[nH]c1=O. The lowest BCUT2D eigenvalue weighted by atomic mass is 10.1. The predicted molar refractivity (Wildman–Crippen MR) is 90.8 cm³/mol. The molecule has 2 aromatic rings. The molecule has 0 bridgehead atoms. The number of hydrogen-bond donors (Lipinski definition) is 2. The molecule has 1 amide bonds. The molecule has 1 heterocycles. The molecule has 2 rings (SSSR count). The zero-order valence-corrected chi connectivity index (χ0v) is 14.3. The molecule has 10 heteroatoms. The molecule has 0 spiro atoms. The van der Waals surface area contributed by atoms with Crippen LogP contribution < -0.4 is 26.0 Å². The predicted octanol–water partition coefficient (Wildman–Crippen LogP) is -0.0209. The molecule has 0 radical (unpaired) electrons. The van der Waals surface area contributed by atoms with Gasteiger partial charge in [-0.25, -0.2) is 9.59 Å². The normalized spacial score (nSPS) is 10.1. The average molecular weight is 363 g/mol. The van der Waals surface area contributed by atoms with Crippen molar-refractivity contribution in [2.24, 2.45) is 0 Å². The number of aromatic amines is 1. The lowest BCUT2D eigenvalue weighted by molar-refractivity contribution is -0.116. The number of carbonyl (C=O) groups excluding carboxylic acids is 2. The molecule has 1 aromatic carbocycles. The van der Waals surface area contributed by atoms with E-state index in [0.717, 1.165) is 10.6 Å². The minimum atomic E-state index is -0.729. The summed E-state index contributed by atoms with van der Waals surface area (Å²) < 4.78 is 16.0. The number of hydrogen-bond acceptors (Lipinski definition) is 7. The van der Waals surface area contributed by atoms with E-state index in [1.807, 2.05) is 4.98 Å². The molecule has 0 saturated heterocycles. The summed E-state index contributed by atoms with van der Waals surface area (Å²) in [4.78, 5) is 49.0. The van der Waals surface area contributed by atoms with E-state index in [4.69, 9.17) is 14.2 Å². The standard InChI is InChI=1S/C16H17N3O7/c1-24-11-6-9(15(22)26-3)10(7-12(11)25-2)17-14(21)8-19-5-4-13(20)18-16(19)23/h4-7H,8H2,1-3H3,(H,17,21)(H,18,20,23). The van der Waals surface area contributed by atoms with Crippen molar-refractivity contribution in [2.75, 3.05) is 26.6 Å².